The van der Waals surface area contributed by atoms with Crippen LogP contribution in [0.2, 0.25) is 0 Å². The lowest BCUT2D eigenvalue weighted by Gasteiger charge is -2.16. The molecule has 32 heavy (non-hydrogen) atoms. The highest BCUT2D eigenvalue weighted by molar-refractivity contribution is 7.89. The second-order valence-corrected chi connectivity index (χ2v) is 8.94. The fraction of sp³-hybridized carbons (Fsp3) is 0.300. The molecular weight excluding hydrogens is 440 g/mol. The zero-order valence-electron chi connectivity index (χ0n) is 17.2. The van der Waals surface area contributed by atoms with E-state index in [0.717, 1.165) is 18.9 Å². The van der Waals surface area contributed by atoms with Crippen molar-refractivity contribution in [2.75, 3.05) is 37.4 Å². The number of rotatable bonds is 8. The van der Waals surface area contributed by atoms with Crippen LogP contribution in [-0.2, 0) is 19.6 Å². The molecule has 0 spiro atoms. The summed E-state index contributed by atoms with van der Waals surface area (Å²) < 4.78 is 31.7. The van der Waals surface area contributed by atoms with Crippen molar-refractivity contribution < 1.29 is 27.7 Å². The molecule has 0 aliphatic carbocycles. The van der Waals surface area contributed by atoms with Gasteiger partial charge in [0, 0.05) is 43.6 Å². The molecule has 0 radical (unpaired) electrons. The van der Waals surface area contributed by atoms with Crippen molar-refractivity contribution in [2.45, 2.75) is 17.7 Å². The molecule has 0 bridgehead atoms. The number of hydrogen-bond donors (Lipinski definition) is 2. The van der Waals surface area contributed by atoms with E-state index in [-0.39, 0.29) is 21.8 Å². The van der Waals surface area contributed by atoms with Gasteiger partial charge in [0.1, 0.15) is 0 Å². The molecule has 2 aromatic rings. The lowest BCUT2D eigenvalue weighted by molar-refractivity contribution is -0.384. The quantitative estimate of drug-likeness (QED) is 0.345. The largest absolute Gasteiger partial charge is 0.452 e. The van der Waals surface area contributed by atoms with Gasteiger partial charge in [-0.1, -0.05) is 6.07 Å². The van der Waals surface area contributed by atoms with Crippen LogP contribution in [0, 0.1) is 10.1 Å². The molecule has 1 aliphatic rings. The van der Waals surface area contributed by atoms with E-state index in [1.54, 1.807) is 0 Å². The normalized spacial score (nSPS) is 14.0. The summed E-state index contributed by atoms with van der Waals surface area (Å²) in [5.74, 6) is -1.61. The number of nitro benzene ring substituents is 1. The van der Waals surface area contributed by atoms with Crippen LogP contribution >= 0.6 is 0 Å². The maximum absolute atomic E-state index is 12.7. The predicted octanol–water partition coefficient (Wildman–Crippen LogP) is 2.22. The Hall–Kier alpha value is -3.51. The Morgan fingerprint density at radius 2 is 1.88 bits per heavy atom. The van der Waals surface area contributed by atoms with Crippen molar-refractivity contribution >= 4 is 39.0 Å². The van der Waals surface area contributed by atoms with Gasteiger partial charge in [0.2, 0.25) is 10.0 Å². The molecule has 11 nitrogen and oxygen atoms in total. The molecule has 3 rings (SSSR count). The predicted molar refractivity (Wildman–Crippen MR) is 116 cm³/mol. The van der Waals surface area contributed by atoms with Crippen LogP contribution in [0.15, 0.2) is 47.4 Å². The van der Waals surface area contributed by atoms with Crippen LogP contribution in [-0.4, -0.2) is 56.3 Å². The van der Waals surface area contributed by atoms with E-state index in [9.17, 15) is 28.1 Å². The van der Waals surface area contributed by atoms with Gasteiger partial charge in [0.25, 0.3) is 11.6 Å². The number of carbonyl (C=O) groups excluding carboxylic acids is 2. The number of esters is 1. The topological polar surface area (TPSA) is 148 Å². The molecular formula is C20H22N4O7S. The average Bonchev–Trinajstić information content (AvgIpc) is 3.33. The zero-order chi connectivity index (χ0) is 23.3. The van der Waals surface area contributed by atoms with E-state index in [0.29, 0.717) is 18.8 Å². The summed E-state index contributed by atoms with van der Waals surface area (Å²) >= 11 is 0. The molecule has 2 aromatic carbocycles. The smallest absolute Gasteiger partial charge is 0.341 e. The van der Waals surface area contributed by atoms with Gasteiger partial charge < -0.3 is 15.4 Å². The molecule has 1 fully saturated rings. The number of nitrogens with zero attached hydrogens (tertiary/aromatic N) is 2. The fourth-order valence-corrected chi connectivity index (χ4v) is 4.81. The van der Waals surface area contributed by atoms with Crippen molar-refractivity contribution in [2.24, 2.45) is 0 Å². The van der Waals surface area contributed by atoms with Crippen molar-refractivity contribution in [3.8, 4) is 0 Å². The number of anilines is 2. The number of nitrogens with one attached hydrogen (secondary N) is 2. The Kier molecular flexibility index (Phi) is 7.05. The summed E-state index contributed by atoms with van der Waals surface area (Å²) in [4.78, 5) is 34.9. The van der Waals surface area contributed by atoms with E-state index >= 15 is 0 Å². The number of benzene rings is 2. The van der Waals surface area contributed by atoms with Crippen LogP contribution in [0.5, 0.6) is 0 Å². The van der Waals surface area contributed by atoms with Crippen LogP contribution in [0.3, 0.4) is 0 Å². The maximum Gasteiger partial charge on any atom is 0.341 e. The fourth-order valence-electron chi connectivity index (χ4n) is 3.25. The Bertz CT molecular complexity index is 1140. The Morgan fingerprint density at radius 1 is 1.16 bits per heavy atom. The lowest BCUT2D eigenvalue weighted by atomic mass is 10.1. The van der Waals surface area contributed by atoms with E-state index in [1.165, 1.54) is 47.8 Å². The van der Waals surface area contributed by atoms with Crippen molar-refractivity contribution in [3.63, 3.8) is 0 Å². The van der Waals surface area contributed by atoms with Crippen molar-refractivity contribution in [1.82, 2.24) is 4.31 Å². The molecule has 1 amide bonds. The van der Waals surface area contributed by atoms with Gasteiger partial charge in [-0.2, -0.15) is 4.31 Å². The molecule has 0 unspecified atom stereocenters. The molecule has 2 N–H and O–H groups in total. The summed E-state index contributed by atoms with van der Waals surface area (Å²) in [6.07, 6.45) is 1.61. The van der Waals surface area contributed by atoms with Crippen LogP contribution < -0.4 is 10.6 Å². The van der Waals surface area contributed by atoms with E-state index in [2.05, 4.69) is 10.6 Å². The monoisotopic (exact) mass is 462 g/mol. The standard InChI is InChI=1S/C20H22N4O7S/c1-21-18-8-7-15(24(27)28)12-17(18)20(26)31-13-19(25)22-14-5-4-6-16(11-14)32(29,30)23-9-2-3-10-23/h4-8,11-12,21H,2-3,9-10,13H2,1H3,(H,22,25). The van der Waals surface area contributed by atoms with Gasteiger partial charge in [-0.25, -0.2) is 13.2 Å². The maximum atomic E-state index is 12.7. The SMILES string of the molecule is CNc1ccc([N+](=O)[O-])cc1C(=O)OCC(=O)Nc1cccc(S(=O)(=O)N2CCCC2)c1. The Balaban J connectivity index is 1.65. The summed E-state index contributed by atoms with van der Waals surface area (Å²) in [5.41, 5.74) is 0.156. The van der Waals surface area contributed by atoms with Crippen molar-refractivity contribution in [3.05, 3.63) is 58.1 Å². The van der Waals surface area contributed by atoms with Gasteiger partial charge in [0.05, 0.1) is 15.4 Å². The number of hydrogen-bond acceptors (Lipinski definition) is 8. The number of carbonyl (C=O) groups is 2. The van der Waals surface area contributed by atoms with Crippen LogP contribution in [0.25, 0.3) is 0 Å². The first-order valence-electron chi connectivity index (χ1n) is 9.76. The number of sulfonamides is 1. The van der Waals surface area contributed by atoms with E-state index in [1.807, 2.05) is 0 Å². The minimum Gasteiger partial charge on any atom is -0.452 e. The molecule has 170 valence electrons. The summed E-state index contributed by atoms with van der Waals surface area (Å²) in [6.45, 7) is 0.260. The zero-order valence-corrected chi connectivity index (χ0v) is 18.1. The summed E-state index contributed by atoms with van der Waals surface area (Å²) in [5, 5.41) is 16.2. The third-order valence-electron chi connectivity index (χ3n) is 4.86. The lowest BCUT2D eigenvalue weighted by Crippen LogP contribution is -2.28. The van der Waals surface area contributed by atoms with Gasteiger partial charge in [0.15, 0.2) is 6.61 Å². The average molecular weight is 462 g/mol. The molecule has 1 aliphatic heterocycles. The Labute approximate surface area is 184 Å². The Morgan fingerprint density at radius 3 is 2.53 bits per heavy atom. The van der Waals surface area contributed by atoms with E-state index in [4.69, 9.17) is 4.74 Å². The van der Waals surface area contributed by atoms with Crippen LogP contribution in [0.4, 0.5) is 17.1 Å². The van der Waals surface area contributed by atoms with Crippen molar-refractivity contribution in [1.29, 1.82) is 0 Å². The highest BCUT2D eigenvalue weighted by atomic mass is 32.2. The number of ether oxygens (including phenoxy) is 1. The highest BCUT2D eigenvalue weighted by Gasteiger charge is 2.27. The third-order valence-corrected chi connectivity index (χ3v) is 6.75. The minimum atomic E-state index is -3.64. The summed E-state index contributed by atoms with van der Waals surface area (Å²) in [6, 6.07) is 9.46. The first-order valence-corrected chi connectivity index (χ1v) is 11.2. The second-order valence-electron chi connectivity index (χ2n) is 7.00. The summed E-state index contributed by atoms with van der Waals surface area (Å²) in [7, 11) is -2.11. The first kappa shape index (κ1) is 23.2. The first-order chi connectivity index (χ1) is 15.2. The second kappa shape index (κ2) is 9.75. The molecule has 0 aromatic heterocycles. The number of amides is 1. The van der Waals surface area contributed by atoms with Gasteiger partial charge in [-0.3, -0.25) is 14.9 Å². The van der Waals surface area contributed by atoms with Gasteiger partial charge >= 0.3 is 5.97 Å². The van der Waals surface area contributed by atoms with E-state index < -0.39 is 33.4 Å². The highest BCUT2D eigenvalue weighted by Crippen LogP contribution is 2.24. The number of nitro groups is 1. The van der Waals surface area contributed by atoms with Crippen LogP contribution in [0.1, 0.15) is 23.2 Å². The molecule has 1 heterocycles. The minimum absolute atomic E-state index is 0.0597. The number of non-ortho nitro benzene ring substituents is 1. The van der Waals surface area contributed by atoms with Gasteiger partial charge in [-0.15, -0.1) is 0 Å². The van der Waals surface area contributed by atoms with Gasteiger partial charge in [-0.05, 0) is 37.1 Å². The third kappa shape index (κ3) is 5.21. The molecule has 0 saturated carbocycles. The molecule has 0 atom stereocenters. The molecule has 1 saturated heterocycles. The molecule has 12 heteroatoms.